The summed E-state index contributed by atoms with van der Waals surface area (Å²) in [6.45, 7) is 0. The van der Waals surface area contributed by atoms with E-state index in [1.807, 2.05) is 6.26 Å². The summed E-state index contributed by atoms with van der Waals surface area (Å²) in [6.07, 6.45) is 1.90. The van der Waals surface area contributed by atoms with Crippen molar-refractivity contribution < 1.29 is 9.53 Å². The monoisotopic (exact) mass is 278 g/mol. The number of nitrogens with zero attached hydrogens (tertiary/aromatic N) is 3. The summed E-state index contributed by atoms with van der Waals surface area (Å²) in [5.74, 6) is 0.500. The lowest BCUT2D eigenvalue weighted by molar-refractivity contribution is 0.102. The van der Waals surface area contributed by atoms with Crippen LogP contribution >= 0.6 is 11.8 Å². The molecule has 1 N–H and O–H groups in total. The number of anilines is 1. The average Bonchev–Trinajstić information content (AvgIpc) is 2.78. The summed E-state index contributed by atoms with van der Waals surface area (Å²) in [4.78, 5) is 16.3. The molecule has 1 aromatic heterocycles. The van der Waals surface area contributed by atoms with Crippen LogP contribution in [-0.4, -0.2) is 34.0 Å². The first-order valence-corrected chi connectivity index (χ1v) is 6.77. The number of methoxy groups -OCH3 is 1. The number of rotatable bonds is 4. The topological polar surface area (TPSA) is 69.0 Å². The highest BCUT2D eigenvalue weighted by Crippen LogP contribution is 2.19. The first-order chi connectivity index (χ1) is 9.15. The minimum absolute atomic E-state index is 0.280. The maximum Gasteiger partial charge on any atom is 0.261 e. The third-order valence-electron chi connectivity index (χ3n) is 2.48. The SMILES string of the molecule is COc1ccccc1C(=O)Nc1nc(SC)n(C)n1. The predicted molar refractivity (Wildman–Crippen MR) is 73.7 cm³/mol. The van der Waals surface area contributed by atoms with Gasteiger partial charge in [0, 0.05) is 7.05 Å². The van der Waals surface area contributed by atoms with Crippen LogP contribution in [0.2, 0.25) is 0 Å². The van der Waals surface area contributed by atoms with Gasteiger partial charge < -0.3 is 4.74 Å². The first-order valence-electron chi connectivity index (χ1n) is 5.55. The number of benzene rings is 1. The largest absolute Gasteiger partial charge is 0.496 e. The van der Waals surface area contributed by atoms with E-state index in [4.69, 9.17) is 4.74 Å². The van der Waals surface area contributed by atoms with Crippen LogP contribution in [0.5, 0.6) is 5.75 Å². The van der Waals surface area contributed by atoms with Crippen molar-refractivity contribution in [3.63, 3.8) is 0 Å². The molecule has 0 atom stereocenters. The maximum absolute atomic E-state index is 12.1. The molecule has 7 heteroatoms. The van der Waals surface area contributed by atoms with E-state index in [2.05, 4.69) is 15.4 Å². The first kappa shape index (κ1) is 13.4. The average molecular weight is 278 g/mol. The molecule has 0 aliphatic heterocycles. The molecule has 19 heavy (non-hydrogen) atoms. The molecule has 0 saturated carbocycles. The Morgan fingerprint density at radius 1 is 1.42 bits per heavy atom. The number of hydrogen-bond acceptors (Lipinski definition) is 5. The van der Waals surface area contributed by atoms with Gasteiger partial charge in [-0.15, -0.1) is 5.10 Å². The van der Waals surface area contributed by atoms with Gasteiger partial charge in [-0.2, -0.15) is 4.98 Å². The zero-order valence-electron chi connectivity index (χ0n) is 10.9. The fourth-order valence-electron chi connectivity index (χ4n) is 1.60. The number of para-hydroxylation sites is 1. The Hall–Kier alpha value is -2.02. The van der Waals surface area contributed by atoms with E-state index < -0.39 is 0 Å². The molecule has 2 aromatic rings. The number of thioether (sulfide) groups is 1. The molecule has 0 fully saturated rings. The minimum Gasteiger partial charge on any atom is -0.496 e. The van der Waals surface area contributed by atoms with Crippen molar-refractivity contribution in [1.82, 2.24) is 14.8 Å². The lowest BCUT2D eigenvalue weighted by Gasteiger charge is -2.06. The number of hydrogen-bond donors (Lipinski definition) is 1. The molecule has 1 amide bonds. The number of amides is 1. The lowest BCUT2D eigenvalue weighted by atomic mass is 10.2. The minimum atomic E-state index is -0.296. The van der Waals surface area contributed by atoms with E-state index in [1.165, 1.54) is 18.9 Å². The van der Waals surface area contributed by atoms with Crippen molar-refractivity contribution in [2.75, 3.05) is 18.7 Å². The van der Waals surface area contributed by atoms with E-state index in [-0.39, 0.29) is 11.9 Å². The van der Waals surface area contributed by atoms with Gasteiger partial charge in [0.1, 0.15) is 5.75 Å². The summed E-state index contributed by atoms with van der Waals surface area (Å²) in [6, 6.07) is 7.00. The molecule has 0 saturated heterocycles. The highest BCUT2D eigenvalue weighted by molar-refractivity contribution is 7.98. The zero-order valence-corrected chi connectivity index (χ0v) is 11.7. The summed E-state index contributed by atoms with van der Waals surface area (Å²) in [7, 11) is 3.30. The molecule has 0 bridgehead atoms. The Morgan fingerprint density at radius 3 is 2.79 bits per heavy atom. The van der Waals surface area contributed by atoms with Crippen LogP contribution in [0.1, 0.15) is 10.4 Å². The van der Waals surface area contributed by atoms with Gasteiger partial charge in [0.15, 0.2) is 5.16 Å². The highest BCUT2D eigenvalue weighted by Gasteiger charge is 2.14. The third kappa shape index (κ3) is 2.87. The predicted octanol–water partition coefficient (Wildman–Crippen LogP) is 1.80. The molecule has 0 spiro atoms. The van der Waals surface area contributed by atoms with Gasteiger partial charge in [0.25, 0.3) is 5.91 Å². The lowest BCUT2D eigenvalue weighted by Crippen LogP contribution is -2.14. The number of carbonyl (C=O) groups excluding carboxylic acids is 1. The molecule has 1 aromatic carbocycles. The Kier molecular flexibility index (Phi) is 4.06. The van der Waals surface area contributed by atoms with Crippen LogP contribution in [-0.2, 0) is 7.05 Å². The van der Waals surface area contributed by atoms with E-state index in [1.54, 1.807) is 36.0 Å². The molecule has 0 unspecified atom stereocenters. The molecule has 0 aliphatic rings. The number of ether oxygens (including phenoxy) is 1. The van der Waals surface area contributed by atoms with Crippen LogP contribution in [0, 0.1) is 0 Å². The fraction of sp³-hybridized carbons (Fsp3) is 0.250. The second kappa shape index (κ2) is 5.75. The van der Waals surface area contributed by atoms with E-state index in [0.29, 0.717) is 11.3 Å². The standard InChI is InChI=1S/C12H14N4O2S/c1-16-12(19-3)14-11(15-16)13-10(17)8-6-4-5-7-9(8)18-2/h4-7H,1-3H3,(H,13,15,17). The summed E-state index contributed by atoms with van der Waals surface area (Å²) < 4.78 is 6.76. The summed E-state index contributed by atoms with van der Waals surface area (Å²) in [5.41, 5.74) is 0.447. The molecule has 0 radical (unpaired) electrons. The van der Waals surface area contributed by atoms with Gasteiger partial charge in [-0.3, -0.25) is 10.1 Å². The van der Waals surface area contributed by atoms with Crippen LogP contribution in [0.15, 0.2) is 29.4 Å². The Balaban J connectivity index is 2.20. The second-order valence-corrected chi connectivity index (χ2v) is 4.47. The van der Waals surface area contributed by atoms with Crippen molar-refractivity contribution in [2.24, 2.45) is 7.05 Å². The number of nitrogens with one attached hydrogen (secondary N) is 1. The molecule has 100 valence electrons. The van der Waals surface area contributed by atoms with Crippen molar-refractivity contribution in [1.29, 1.82) is 0 Å². The van der Waals surface area contributed by atoms with Gasteiger partial charge in [-0.25, -0.2) is 4.68 Å². The van der Waals surface area contributed by atoms with Gasteiger partial charge in [-0.1, -0.05) is 23.9 Å². The third-order valence-corrected chi connectivity index (χ3v) is 3.20. The summed E-state index contributed by atoms with van der Waals surface area (Å²) >= 11 is 1.46. The van der Waals surface area contributed by atoms with E-state index in [9.17, 15) is 4.79 Å². The van der Waals surface area contributed by atoms with Crippen molar-refractivity contribution in [3.05, 3.63) is 29.8 Å². The summed E-state index contributed by atoms with van der Waals surface area (Å²) in [5, 5.41) is 7.50. The van der Waals surface area contributed by atoms with Crippen LogP contribution in [0.3, 0.4) is 0 Å². The molecule has 0 aliphatic carbocycles. The maximum atomic E-state index is 12.1. The van der Waals surface area contributed by atoms with Gasteiger partial charge in [0.2, 0.25) is 5.95 Å². The van der Waals surface area contributed by atoms with Crippen LogP contribution < -0.4 is 10.1 Å². The quantitative estimate of drug-likeness (QED) is 0.864. The number of aromatic nitrogens is 3. The second-order valence-electron chi connectivity index (χ2n) is 3.70. The molecular weight excluding hydrogens is 264 g/mol. The Labute approximate surface area is 115 Å². The van der Waals surface area contributed by atoms with Crippen molar-refractivity contribution in [2.45, 2.75) is 5.16 Å². The zero-order chi connectivity index (χ0) is 13.8. The molecule has 6 nitrogen and oxygen atoms in total. The normalized spacial score (nSPS) is 10.3. The van der Waals surface area contributed by atoms with Crippen LogP contribution in [0.25, 0.3) is 0 Å². The highest BCUT2D eigenvalue weighted by atomic mass is 32.2. The Bertz CT molecular complexity index is 597. The van der Waals surface area contributed by atoms with Gasteiger partial charge in [0.05, 0.1) is 12.7 Å². The Morgan fingerprint density at radius 2 is 2.16 bits per heavy atom. The fourth-order valence-corrected chi connectivity index (χ4v) is 2.08. The molecule has 1 heterocycles. The van der Waals surface area contributed by atoms with Crippen molar-refractivity contribution >= 4 is 23.6 Å². The molecule has 2 rings (SSSR count). The van der Waals surface area contributed by atoms with Gasteiger partial charge >= 0.3 is 0 Å². The smallest absolute Gasteiger partial charge is 0.261 e. The van der Waals surface area contributed by atoms with E-state index in [0.717, 1.165) is 5.16 Å². The van der Waals surface area contributed by atoms with Gasteiger partial charge in [-0.05, 0) is 18.4 Å². The molecular formula is C12H14N4O2S. The van der Waals surface area contributed by atoms with Crippen LogP contribution in [0.4, 0.5) is 5.95 Å². The number of carbonyl (C=O) groups is 1. The van der Waals surface area contributed by atoms with E-state index >= 15 is 0 Å². The number of aryl methyl sites for hydroxylation is 1. The van der Waals surface area contributed by atoms with Crippen molar-refractivity contribution in [3.8, 4) is 5.75 Å².